The summed E-state index contributed by atoms with van der Waals surface area (Å²) >= 11 is 0. The first-order chi connectivity index (χ1) is 13.9. The van der Waals surface area contributed by atoms with Gasteiger partial charge in [-0.05, 0) is 19.1 Å². The second-order valence-electron chi connectivity index (χ2n) is 5.28. The van der Waals surface area contributed by atoms with E-state index in [9.17, 15) is 14.4 Å². The van der Waals surface area contributed by atoms with Gasteiger partial charge in [-0.2, -0.15) is 0 Å². The van der Waals surface area contributed by atoms with Gasteiger partial charge in [-0.3, -0.25) is 0 Å². The van der Waals surface area contributed by atoms with Crippen molar-refractivity contribution in [1.82, 2.24) is 0 Å². The molecule has 1 aromatic carbocycles. The number of carboxylic acids is 3. The molecule has 1 aromatic rings. The fraction of sp³-hybridized carbons (Fsp3) is 0.389. The van der Waals surface area contributed by atoms with Crippen molar-refractivity contribution in [1.29, 1.82) is 0 Å². The van der Waals surface area contributed by atoms with Gasteiger partial charge in [0, 0.05) is 5.57 Å². The summed E-state index contributed by atoms with van der Waals surface area (Å²) in [6, 6.07) is 5.48. The smallest absolute Gasteiger partial charge is 0.336 e. The van der Waals surface area contributed by atoms with E-state index in [1.807, 2.05) is 0 Å². The van der Waals surface area contributed by atoms with Crippen LogP contribution in [0.15, 0.2) is 36.4 Å². The molecule has 12 nitrogen and oxygen atoms in total. The van der Waals surface area contributed by atoms with E-state index in [-0.39, 0.29) is 43.1 Å². The average molecular weight is 436 g/mol. The zero-order valence-corrected chi connectivity index (χ0v) is 16.2. The Morgan fingerprint density at radius 2 is 1.00 bits per heavy atom. The fourth-order valence-electron chi connectivity index (χ4n) is 0.972. The van der Waals surface area contributed by atoms with Gasteiger partial charge in [-0.25, -0.2) is 14.4 Å². The fourth-order valence-corrected chi connectivity index (χ4v) is 0.972. The van der Waals surface area contributed by atoms with Crippen molar-refractivity contribution >= 4 is 17.9 Å². The topological polar surface area (TPSA) is 233 Å². The number of hydrogen-bond acceptors (Lipinski definition) is 9. The summed E-state index contributed by atoms with van der Waals surface area (Å²) in [5.41, 5.74) is -0.204. The highest BCUT2D eigenvalue weighted by Gasteiger charge is 2.13. The number of aliphatic carboxylic acids is 1. The molecule has 9 N–H and O–H groups in total. The number of carbonyl (C=O) groups is 3. The summed E-state index contributed by atoms with van der Waals surface area (Å²) in [4.78, 5) is 30.5. The Labute approximate surface area is 172 Å². The molecule has 0 aliphatic rings. The van der Waals surface area contributed by atoms with Gasteiger partial charge < -0.3 is 46.0 Å². The van der Waals surface area contributed by atoms with E-state index in [0.717, 1.165) is 0 Å². The molecule has 0 aliphatic carbocycles. The molecule has 0 saturated heterocycles. The van der Waals surface area contributed by atoms with Crippen LogP contribution in [-0.2, 0) is 4.79 Å². The Balaban J connectivity index is -0.000000349. The minimum absolute atomic E-state index is 0.176. The molecular formula is C18H28O12. The SMILES string of the molecule is C=C(C)C(=O)O.O=C(O)c1ccccc1C(=O)O.OCC(O)CO.OCC(O)CO. The molecule has 172 valence electrons. The lowest BCUT2D eigenvalue weighted by atomic mass is 10.1. The number of hydrogen-bond donors (Lipinski definition) is 9. The lowest BCUT2D eigenvalue weighted by molar-refractivity contribution is -0.132. The molecule has 0 aliphatic heterocycles. The first kappa shape index (κ1) is 31.8. The number of rotatable bonds is 7. The van der Waals surface area contributed by atoms with E-state index < -0.39 is 30.1 Å². The first-order valence-electron chi connectivity index (χ1n) is 8.13. The Morgan fingerprint density at radius 3 is 1.10 bits per heavy atom. The van der Waals surface area contributed by atoms with Crippen LogP contribution in [-0.4, -0.2) is 103 Å². The molecule has 0 heterocycles. The maximum atomic E-state index is 10.5. The molecule has 0 radical (unpaired) electrons. The minimum atomic E-state index is -1.23. The van der Waals surface area contributed by atoms with Crippen LogP contribution in [0.4, 0.5) is 0 Å². The summed E-state index contributed by atoms with van der Waals surface area (Å²) in [5, 5.41) is 73.0. The number of aliphatic hydroxyl groups is 6. The number of aromatic carboxylic acids is 2. The van der Waals surface area contributed by atoms with Gasteiger partial charge in [0.25, 0.3) is 0 Å². The van der Waals surface area contributed by atoms with Crippen LogP contribution in [0.25, 0.3) is 0 Å². The van der Waals surface area contributed by atoms with E-state index >= 15 is 0 Å². The summed E-state index contributed by atoms with van der Waals surface area (Å²) in [6.45, 7) is 3.14. The summed E-state index contributed by atoms with van der Waals surface area (Å²) in [7, 11) is 0. The number of carboxylic acid groups (broad SMARTS) is 3. The molecular weight excluding hydrogens is 408 g/mol. The predicted molar refractivity (Wildman–Crippen MR) is 103 cm³/mol. The lowest BCUT2D eigenvalue weighted by Crippen LogP contribution is -2.15. The molecule has 0 aromatic heterocycles. The summed E-state index contributed by atoms with van der Waals surface area (Å²) in [6.07, 6.45) is -1.91. The van der Waals surface area contributed by atoms with Crippen LogP contribution >= 0.6 is 0 Å². The largest absolute Gasteiger partial charge is 0.478 e. The highest BCUT2D eigenvalue weighted by Crippen LogP contribution is 2.07. The number of benzene rings is 1. The molecule has 1 rings (SSSR count). The Morgan fingerprint density at radius 1 is 0.767 bits per heavy atom. The minimum Gasteiger partial charge on any atom is -0.478 e. The summed E-state index contributed by atoms with van der Waals surface area (Å²) < 4.78 is 0. The molecule has 0 unspecified atom stereocenters. The van der Waals surface area contributed by atoms with Crippen LogP contribution in [0.1, 0.15) is 27.6 Å². The normalized spacial score (nSPS) is 9.23. The highest BCUT2D eigenvalue weighted by molar-refractivity contribution is 6.01. The van der Waals surface area contributed by atoms with E-state index in [2.05, 4.69) is 6.58 Å². The van der Waals surface area contributed by atoms with Crippen LogP contribution in [0, 0.1) is 0 Å². The summed E-state index contributed by atoms with van der Waals surface area (Å²) in [5.74, 6) is -3.39. The van der Waals surface area contributed by atoms with E-state index in [0.29, 0.717) is 0 Å². The van der Waals surface area contributed by atoms with Crippen LogP contribution in [0.5, 0.6) is 0 Å². The Hall–Kier alpha value is -2.87. The van der Waals surface area contributed by atoms with Crippen molar-refractivity contribution in [2.24, 2.45) is 0 Å². The molecule has 12 heteroatoms. The molecule has 0 fully saturated rings. The van der Waals surface area contributed by atoms with Crippen molar-refractivity contribution in [3.8, 4) is 0 Å². The van der Waals surface area contributed by atoms with Gasteiger partial charge in [0.05, 0.1) is 37.6 Å². The van der Waals surface area contributed by atoms with Gasteiger partial charge in [0.2, 0.25) is 0 Å². The first-order valence-corrected chi connectivity index (χ1v) is 8.13. The Bertz CT molecular complexity index is 581. The van der Waals surface area contributed by atoms with Crippen LogP contribution in [0.3, 0.4) is 0 Å². The quantitative estimate of drug-likeness (QED) is 0.220. The van der Waals surface area contributed by atoms with Gasteiger partial charge >= 0.3 is 17.9 Å². The lowest BCUT2D eigenvalue weighted by Gasteiger charge is -1.98. The molecule has 0 atom stereocenters. The van der Waals surface area contributed by atoms with Gasteiger partial charge in [-0.15, -0.1) is 0 Å². The Kier molecular flexibility index (Phi) is 20.6. The molecule has 0 spiro atoms. The number of aliphatic hydroxyl groups excluding tert-OH is 6. The maximum absolute atomic E-state index is 10.5. The van der Waals surface area contributed by atoms with Crippen molar-refractivity contribution in [3.63, 3.8) is 0 Å². The molecule has 0 bridgehead atoms. The highest BCUT2D eigenvalue weighted by atomic mass is 16.4. The van der Waals surface area contributed by atoms with Crippen LogP contribution in [0.2, 0.25) is 0 Å². The third-order valence-electron chi connectivity index (χ3n) is 2.60. The maximum Gasteiger partial charge on any atom is 0.336 e. The second-order valence-corrected chi connectivity index (χ2v) is 5.28. The zero-order chi connectivity index (χ0) is 24.3. The average Bonchev–Trinajstić information content (AvgIpc) is 2.73. The molecule has 0 amide bonds. The van der Waals surface area contributed by atoms with E-state index in [1.54, 1.807) is 0 Å². The zero-order valence-electron chi connectivity index (χ0n) is 16.2. The van der Waals surface area contributed by atoms with Crippen molar-refractivity contribution < 1.29 is 60.3 Å². The molecule has 30 heavy (non-hydrogen) atoms. The van der Waals surface area contributed by atoms with E-state index in [4.69, 9.17) is 46.0 Å². The monoisotopic (exact) mass is 436 g/mol. The van der Waals surface area contributed by atoms with Gasteiger partial charge in [-0.1, -0.05) is 18.7 Å². The van der Waals surface area contributed by atoms with Crippen LogP contribution < -0.4 is 0 Å². The predicted octanol–water partition coefficient (Wildman–Crippen LogP) is -1.61. The third kappa shape index (κ3) is 18.5. The van der Waals surface area contributed by atoms with Crippen molar-refractivity contribution in [3.05, 3.63) is 47.5 Å². The molecule has 0 saturated carbocycles. The third-order valence-corrected chi connectivity index (χ3v) is 2.60. The van der Waals surface area contributed by atoms with Crippen molar-refractivity contribution in [2.75, 3.05) is 26.4 Å². The second kappa shape index (κ2) is 19.4. The van der Waals surface area contributed by atoms with Crippen molar-refractivity contribution in [2.45, 2.75) is 19.1 Å². The van der Waals surface area contributed by atoms with E-state index in [1.165, 1.54) is 31.2 Å². The standard InChI is InChI=1S/C8H6O4.C4H6O2.2C3H8O3/c9-7(10)5-3-1-2-4-6(5)8(11)12;1-3(2)4(5)6;2*4-1-3(6)2-5/h1-4H,(H,9,10)(H,11,12);1H2,2H3,(H,5,6);2*3-6H,1-2H2. The van der Waals surface area contributed by atoms with Gasteiger partial charge in [0.1, 0.15) is 12.2 Å². The van der Waals surface area contributed by atoms with Gasteiger partial charge in [0.15, 0.2) is 0 Å².